The molecule has 2 aromatic carbocycles. The minimum atomic E-state index is -1.01. The molecule has 0 bridgehead atoms. The van der Waals surface area contributed by atoms with Crippen LogP contribution < -0.4 is 17.0 Å². The number of ketones is 1. The number of Topliss-reactive ketones (excluding diaryl/α,β-unsaturated/α-hetero) is 1. The molecule has 1 aromatic heterocycles. The number of ether oxygens (including phenoxy) is 1. The number of nitrogens with two attached hydrogens (primary N) is 1. The molecule has 10 heteroatoms. The number of nitrogen functional groups attached to an aromatic ring is 1. The van der Waals surface area contributed by atoms with E-state index < -0.39 is 35.2 Å². The summed E-state index contributed by atoms with van der Waals surface area (Å²) in [6, 6.07) is 12.7. The molecule has 0 amide bonds. The molecule has 0 saturated heterocycles. The monoisotopic (exact) mass is 457 g/mol. The van der Waals surface area contributed by atoms with Crippen LogP contribution in [0.2, 0.25) is 5.02 Å². The number of nitrogens with zero attached hydrogens (tertiary/aromatic N) is 2. The van der Waals surface area contributed by atoms with Crippen molar-refractivity contribution in [3.05, 3.63) is 91.1 Å². The topological polar surface area (TPSA) is 134 Å². The number of carbonyl (C=O) groups is 2. The van der Waals surface area contributed by atoms with Crippen molar-refractivity contribution in [1.29, 1.82) is 0 Å². The van der Waals surface area contributed by atoms with Crippen molar-refractivity contribution in [2.45, 2.75) is 20.0 Å². The zero-order valence-corrected chi connectivity index (χ0v) is 17.8. The van der Waals surface area contributed by atoms with E-state index in [1.54, 1.807) is 31.2 Å². The second-order valence-corrected chi connectivity index (χ2v) is 7.26. The summed E-state index contributed by atoms with van der Waals surface area (Å²) in [6.45, 7) is 0.824. The minimum absolute atomic E-state index is 0.0171. The lowest BCUT2D eigenvalue weighted by atomic mass is 10.1. The summed E-state index contributed by atoms with van der Waals surface area (Å²) in [6.07, 6.45) is 0. The first-order valence-electron chi connectivity index (χ1n) is 9.60. The average Bonchev–Trinajstić information content (AvgIpc) is 2.77. The Balaban J connectivity index is 1.94. The van der Waals surface area contributed by atoms with E-state index in [2.05, 4.69) is 0 Å². The van der Waals surface area contributed by atoms with Crippen molar-refractivity contribution in [3.8, 4) is 5.75 Å². The van der Waals surface area contributed by atoms with Gasteiger partial charge in [-0.15, -0.1) is 0 Å². The van der Waals surface area contributed by atoms with Crippen LogP contribution in [0.25, 0.3) is 0 Å². The highest BCUT2D eigenvalue weighted by molar-refractivity contribution is 6.31. The Hall–Kier alpha value is -3.85. The van der Waals surface area contributed by atoms with Gasteiger partial charge in [-0.05, 0) is 30.7 Å². The molecule has 166 valence electrons. The Morgan fingerprint density at radius 1 is 1.09 bits per heavy atom. The van der Waals surface area contributed by atoms with Crippen molar-refractivity contribution >= 4 is 29.2 Å². The average molecular weight is 458 g/mol. The van der Waals surface area contributed by atoms with E-state index in [0.717, 1.165) is 14.7 Å². The molecular weight excluding hydrogens is 438 g/mol. The normalized spacial score (nSPS) is 10.7. The summed E-state index contributed by atoms with van der Waals surface area (Å²) < 4.78 is 6.96. The van der Waals surface area contributed by atoms with Crippen molar-refractivity contribution in [3.63, 3.8) is 0 Å². The maximum atomic E-state index is 12.8. The number of benzene rings is 2. The number of hydrogen-bond acceptors (Lipinski definition) is 7. The van der Waals surface area contributed by atoms with Crippen LogP contribution in [0, 0.1) is 0 Å². The van der Waals surface area contributed by atoms with E-state index in [1.807, 2.05) is 6.07 Å². The van der Waals surface area contributed by atoms with Crippen molar-refractivity contribution in [2.75, 3.05) is 12.3 Å². The second kappa shape index (κ2) is 9.52. The van der Waals surface area contributed by atoms with Gasteiger partial charge in [0.15, 0.2) is 6.61 Å². The highest BCUT2D eigenvalue weighted by atomic mass is 35.5. The second-order valence-electron chi connectivity index (χ2n) is 6.82. The molecule has 9 nitrogen and oxygen atoms in total. The van der Waals surface area contributed by atoms with Gasteiger partial charge < -0.3 is 15.6 Å². The van der Waals surface area contributed by atoms with Crippen LogP contribution in [0.4, 0.5) is 5.82 Å². The van der Waals surface area contributed by atoms with Crippen LogP contribution in [-0.4, -0.2) is 32.6 Å². The van der Waals surface area contributed by atoms with Gasteiger partial charge in [0.2, 0.25) is 5.78 Å². The zero-order valence-electron chi connectivity index (χ0n) is 17.1. The highest BCUT2D eigenvalue weighted by Gasteiger charge is 2.24. The fourth-order valence-corrected chi connectivity index (χ4v) is 3.30. The maximum Gasteiger partial charge on any atom is 0.342 e. The largest absolute Gasteiger partial charge is 0.507 e. The van der Waals surface area contributed by atoms with E-state index in [4.69, 9.17) is 22.1 Å². The fourth-order valence-electron chi connectivity index (χ4n) is 3.13. The number of halogens is 1. The molecule has 3 rings (SSSR count). The molecule has 3 N–H and O–H groups in total. The number of aromatic hydroxyl groups is 1. The molecule has 0 unspecified atom stereocenters. The molecule has 0 atom stereocenters. The van der Waals surface area contributed by atoms with Crippen LogP contribution in [-0.2, 0) is 17.8 Å². The summed E-state index contributed by atoms with van der Waals surface area (Å²) >= 11 is 5.81. The van der Waals surface area contributed by atoms with Gasteiger partial charge in [-0.2, -0.15) is 0 Å². The first-order chi connectivity index (χ1) is 15.2. The van der Waals surface area contributed by atoms with Crippen LogP contribution in [0.3, 0.4) is 0 Å². The Morgan fingerprint density at radius 2 is 1.78 bits per heavy atom. The number of hydrogen-bond donors (Lipinski definition) is 2. The highest BCUT2D eigenvalue weighted by Crippen LogP contribution is 2.22. The minimum Gasteiger partial charge on any atom is -0.507 e. The van der Waals surface area contributed by atoms with Gasteiger partial charge in [-0.1, -0.05) is 41.9 Å². The lowest BCUT2D eigenvalue weighted by Gasteiger charge is -2.16. The third-order valence-corrected chi connectivity index (χ3v) is 4.99. The molecule has 32 heavy (non-hydrogen) atoms. The Labute approximate surface area is 187 Å². The Bertz CT molecular complexity index is 1300. The predicted octanol–water partition coefficient (Wildman–Crippen LogP) is 2.06. The maximum absolute atomic E-state index is 12.8. The SMILES string of the molecule is CCn1c(=O)c(C(=O)COC(=O)c2cc(Cl)ccc2O)c(N)n(Cc2ccccc2)c1=O. The lowest BCUT2D eigenvalue weighted by molar-refractivity contribution is 0.0471. The first-order valence-corrected chi connectivity index (χ1v) is 9.98. The summed E-state index contributed by atoms with van der Waals surface area (Å²) in [4.78, 5) is 50.5. The molecule has 0 radical (unpaired) electrons. The molecule has 0 fully saturated rings. The van der Waals surface area contributed by atoms with Crippen LogP contribution in [0.5, 0.6) is 5.75 Å². The van der Waals surface area contributed by atoms with Gasteiger partial charge in [-0.25, -0.2) is 9.59 Å². The third-order valence-electron chi connectivity index (χ3n) is 4.76. The van der Waals surface area contributed by atoms with Gasteiger partial charge in [-0.3, -0.25) is 18.7 Å². The number of rotatable bonds is 7. The molecule has 0 aliphatic rings. The summed E-state index contributed by atoms with van der Waals surface area (Å²) in [5.74, 6) is -2.59. The summed E-state index contributed by atoms with van der Waals surface area (Å²) in [7, 11) is 0. The van der Waals surface area contributed by atoms with Gasteiger partial charge in [0.1, 0.15) is 22.7 Å². The smallest absolute Gasteiger partial charge is 0.342 e. The predicted molar refractivity (Wildman–Crippen MR) is 118 cm³/mol. The lowest BCUT2D eigenvalue weighted by Crippen LogP contribution is -2.44. The Morgan fingerprint density at radius 3 is 2.44 bits per heavy atom. The summed E-state index contributed by atoms with van der Waals surface area (Å²) in [5.41, 5.74) is 4.57. The zero-order chi connectivity index (χ0) is 23.4. The standard InChI is InChI=1S/C22H20ClN3O6/c1-2-25-20(29)18(19(24)26(22(25)31)11-13-6-4-3-5-7-13)17(28)12-32-21(30)15-10-14(23)8-9-16(15)27/h3-10,27H,2,11-12,24H2,1H3. The fraction of sp³-hybridized carbons (Fsp3) is 0.182. The third kappa shape index (κ3) is 4.57. The number of esters is 1. The van der Waals surface area contributed by atoms with Crippen LogP contribution in [0.1, 0.15) is 33.2 Å². The van der Waals surface area contributed by atoms with Gasteiger partial charge in [0.05, 0.1) is 6.54 Å². The van der Waals surface area contributed by atoms with Gasteiger partial charge >= 0.3 is 11.7 Å². The quantitative estimate of drug-likeness (QED) is 0.409. The molecule has 0 aliphatic carbocycles. The Kier molecular flexibility index (Phi) is 6.79. The van der Waals surface area contributed by atoms with Gasteiger partial charge in [0.25, 0.3) is 5.56 Å². The molecular formula is C22H20ClN3O6. The first kappa shape index (κ1) is 22.8. The van der Waals surface area contributed by atoms with E-state index in [1.165, 1.54) is 18.2 Å². The van der Waals surface area contributed by atoms with E-state index in [-0.39, 0.29) is 35.2 Å². The number of anilines is 1. The van der Waals surface area contributed by atoms with E-state index in [0.29, 0.717) is 0 Å². The molecule has 1 heterocycles. The molecule has 0 spiro atoms. The summed E-state index contributed by atoms with van der Waals surface area (Å²) in [5, 5.41) is 9.98. The van der Waals surface area contributed by atoms with Crippen LogP contribution in [0.15, 0.2) is 58.1 Å². The number of phenols is 1. The molecule has 0 saturated carbocycles. The van der Waals surface area contributed by atoms with Crippen molar-refractivity contribution in [1.82, 2.24) is 9.13 Å². The van der Waals surface area contributed by atoms with Crippen molar-refractivity contribution in [2.24, 2.45) is 0 Å². The van der Waals surface area contributed by atoms with E-state index in [9.17, 15) is 24.3 Å². The van der Waals surface area contributed by atoms with Crippen molar-refractivity contribution < 1.29 is 19.4 Å². The van der Waals surface area contributed by atoms with Gasteiger partial charge in [0, 0.05) is 11.6 Å². The van der Waals surface area contributed by atoms with Crippen LogP contribution >= 0.6 is 11.6 Å². The molecule has 3 aromatic rings. The molecule has 0 aliphatic heterocycles. The van der Waals surface area contributed by atoms with E-state index >= 15 is 0 Å². The number of carbonyl (C=O) groups excluding carboxylic acids is 2. The number of aromatic nitrogens is 2. The number of phenolic OH excluding ortho intramolecular Hbond substituents is 1.